The standard InChI is InChI=1S/C9H19NO2/c1-3-8(2)10-4-5-12-9-6-11-7-9/h8-10H,3-7H2,1-2H3. The fourth-order valence-electron chi connectivity index (χ4n) is 0.986. The lowest BCUT2D eigenvalue weighted by Gasteiger charge is -2.26. The number of hydrogen-bond acceptors (Lipinski definition) is 3. The van der Waals surface area contributed by atoms with Gasteiger partial charge in [0.15, 0.2) is 0 Å². The number of nitrogens with one attached hydrogen (secondary N) is 1. The van der Waals surface area contributed by atoms with Gasteiger partial charge in [0.2, 0.25) is 0 Å². The highest BCUT2D eigenvalue weighted by atomic mass is 16.6. The molecule has 1 fully saturated rings. The average molecular weight is 173 g/mol. The molecule has 0 aromatic carbocycles. The molecule has 0 saturated carbocycles. The third kappa shape index (κ3) is 3.52. The molecule has 1 N–H and O–H groups in total. The van der Waals surface area contributed by atoms with Crippen molar-refractivity contribution >= 4 is 0 Å². The van der Waals surface area contributed by atoms with E-state index in [0.717, 1.165) is 26.4 Å². The second kappa shape index (κ2) is 5.51. The molecule has 1 rings (SSSR count). The van der Waals surface area contributed by atoms with Crippen LogP contribution in [0.3, 0.4) is 0 Å². The molecule has 1 saturated heterocycles. The van der Waals surface area contributed by atoms with Crippen molar-refractivity contribution in [2.24, 2.45) is 0 Å². The van der Waals surface area contributed by atoms with Crippen molar-refractivity contribution in [3.63, 3.8) is 0 Å². The van der Waals surface area contributed by atoms with Crippen molar-refractivity contribution in [2.45, 2.75) is 32.4 Å². The minimum atomic E-state index is 0.365. The predicted octanol–water partition coefficient (Wildman–Crippen LogP) is 0.790. The fourth-order valence-corrected chi connectivity index (χ4v) is 0.986. The van der Waals surface area contributed by atoms with Crippen molar-refractivity contribution in [1.82, 2.24) is 5.32 Å². The van der Waals surface area contributed by atoms with Gasteiger partial charge in [-0.2, -0.15) is 0 Å². The van der Waals surface area contributed by atoms with Crippen LogP contribution in [0, 0.1) is 0 Å². The van der Waals surface area contributed by atoms with Crippen molar-refractivity contribution in [1.29, 1.82) is 0 Å². The van der Waals surface area contributed by atoms with E-state index >= 15 is 0 Å². The molecule has 0 aromatic rings. The minimum absolute atomic E-state index is 0.365. The predicted molar refractivity (Wildman–Crippen MR) is 48.3 cm³/mol. The zero-order valence-corrected chi connectivity index (χ0v) is 8.01. The maximum Gasteiger partial charge on any atom is 0.104 e. The van der Waals surface area contributed by atoms with Gasteiger partial charge >= 0.3 is 0 Å². The van der Waals surface area contributed by atoms with Gasteiger partial charge < -0.3 is 14.8 Å². The Bertz CT molecular complexity index is 108. The molecule has 1 aliphatic heterocycles. The summed E-state index contributed by atoms with van der Waals surface area (Å²) >= 11 is 0. The first-order chi connectivity index (χ1) is 5.83. The van der Waals surface area contributed by atoms with Crippen LogP contribution in [0.15, 0.2) is 0 Å². The Labute approximate surface area is 74.4 Å². The van der Waals surface area contributed by atoms with Crippen LogP contribution in [0.1, 0.15) is 20.3 Å². The smallest absolute Gasteiger partial charge is 0.104 e. The van der Waals surface area contributed by atoms with Crippen LogP contribution in [-0.4, -0.2) is 38.5 Å². The summed E-state index contributed by atoms with van der Waals surface area (Å²) < 4.78 is 10.5. The van der Waals surface area contributed by atoms with E-state index in [1.165, 1.54) is 6.42 Å². The zero-order valence-electron chi connectivity index (χ0n) is 8.01. The van der Waals surface area contributed by atoms with Gasteiger partial charge in [0.1, 0.15) is 6.10 Å². The molecule has 12 heavy (non-hydrogen) atoms. The first kappa shape index (κ1) is 9.96. The Hall–Kier alpha value is -0.120. The maximum atomic E-state index is 5.49. The summed E-state index contributed by atoms with van der Waals surface area (Å²) in [5.74, 6) is 0. The molecule has 0 amide bonds. The Morgan fingerprint density at radius 1 is 1.58 bits per heavy atom. The highest BCUT2D eigenvalue weighted by Gasteiger charge is 2.17. The summed E-state index contributed by atoms with van der Waals surface area (Å²) in [6.45, 7) is 7.68. The lowest BCUT2D eigenvalue weighted by molar-refractivity contribution is -0.128. The summed E-state index contributed by atoms with van der Waals surface area (Å²) in [7, 11) is 0. The second-order valence-corrected chi connectivity index (χ2v) is 3.29. The third-order valence-corrected chi connectivity index (χ3v) is 2.17. The second-order valence-electron chi connectivity index (χ2n) is 3.29. The summed E-state index contributed by atoms with van der Waals surface area (Å²) in [6, 6.07) is 0.603. The quantitative estimate of drug-likeness (QED) is 0.602. The number of hydrogen-bond donors (Lipinski definition) is 1. The largest absolute Gasteiger partial charge is 0.376 e. The minimum Gasteiger partial charge on any atom is -0.376 e. The van der Waals surface area contributed by atoms with E-state index in [1.807, 2.05) is 0 Å². The first-order valence-electron chi connectivity index (χ1n) is 4.75. The molecule has 0 spiro atoms. The first-order valence-corrected chi connectivity index (χ1v) is 4.75. The van der Waals surface area contributed by atoms with E-state index < -0.39 is 0 Å². The van der Waals surface area contributed by atoms with E-state index in [-0.39, 0.29) is 0 Å². The Morgan fingerprint density at radius 3 is 2.83 bits per heavy atom. The molecule has 0 bridgehead atoms. The molecule has 0 aromatic heterocycles. The Morgan fingerprint density at radius 2 is 2.33 bits per heavy atom. The fraction of sp³-hybridized carbons (Fsp3) is 1.00. The topological polar surface area (TPSA) is 30.5 Å². The van der Waals surface area contributed by atoms with Crippen LogP contribution in [-0.2, 0) is 9.47 Å². The molecule has 1 aliphatic rings. The highest BCUT2D eigenvalue weighted by Crippen LogP contribution is 2.03. The lowest BCUT2D eigenvalue weighted by atomic mass is 10.3. The van der Waals surface area contributed by atoms with Gasteiger partial charge in [-0.3, -0.25) is 0 Å². The van der Waals surface area contributed by atoms with Crippen molar-refractivity contribution in [3.8, 4) is 0 Å². The molecule has 1 atom stereocenters. The van der Waals surface area contributed by atoms with E-state index in [9.17, 15) is 0 Å². The van der Waals surface area contributed by atoms with E-state index in [1.54, 1.807) is 0 Å². The Kier molecular flexibility index (Phi) is 4.58. The van der Waals surface area contributed by atoms with E-state index in [0.29, 0.717) is 12.1 Å². The van der Waals surface area contributed by atoms with E-state index in [2.05, 4.69) is 19.2 Å². The van der Waals surface area contributed by atoms with Crippen molar-refractivity contribution < 1.29 is 9.47 Å². The van der Waals surface area contributed by atoms with Crippen LogP contribution < -0.4 is 5.32 Å². The molecular formula is C9H19NO2. The summed E-state index contributed by atoms with van der Waals surface area (Å²) in [6.07, 6.45) is 1.54. The van der Waals surface area contributed by atoms with Crippen molar-refractivity contribution in [3.05, 3.63) is 0 Å². The molecule has 3 heteroatoms. The molecular weight excluding hydrogens is 154 g/mol. The molecule has 1 heterocycles. The SMILES string of the molecule is CCC(C)NCCOC1COC1. The van der Waals surface area contributed by atoms with Gasteiger partial charge in [-0.25, -0.2) is 0 Å². The van der Waals surface area contributed by atoms with Gasteiger partial charge in [-0.05, 0) is 13.3 Å². The Balaban J connectivity index is 1.82. The molecule has 0 radical (unpaired) electrons. The van der Waals surface area contributed by atoms with E-state index in [4.69, 9.17) is 9.47 Å². The monoisotopic (exact) mass is 173 g/mol. The van der Waals surface area contributed by atoms with Crippen LogP contribution in [0.4, 0.5) is 0 Å². The third-order valence-electron chi connectivity index (χ3n) is 2.17. The average Bonchev–Trinajstić information content (AvgIpc) is 2.00. The molecule has 3 nitrogen and oxygen atoms in total. The summed E-state index contributed by atoms with van der Waals surface area (Å²) in [4.78, 5) is 0. The zero-order chi connectivity index (χ0) is 8.81. The summed E-state index contributed by atoms with van der Waals surface area (Å²) in [5, 5.41) is 3.37. The lowest BCUT2D eigenvalue weighted by Crippen LogP contribution is -2.38. The van der Waals surface area contributed by atoms with Crippen LogP contribution >= 0.6 is 0 Å². The van der Waals surface area contributed by atoms with Gasteiger partial charge in [0.05, 0.1) is 19.8 Å². The highest BCUT2D eigenvalue weighted by molar-refractivity contribution is 4.64. The molecule has 1 unspecified atom stereocenters. The number of ether oxygens (including phenoxy) is 2. The molecule has 0 aliphatic carbocycles. The molecule has 72 valence electrons. The van der Waals surface area contributed by atoms with Gasteiger partial charge in [-0.15, -0.1) is 0 Å². The maximum absolute atomic E-state index is 5.49. The number of rotatable bonds is 6. The van der Waals surface area contributed by atoms with Gasteiger partial charge in [-0.1, -0.05) is 6.92 Å². The van der Waals surface area contributed by atoms with Crippen LogP contribution in [0.25, 0.3) is 0 Å². The van der Waals surface area contributed by atoms with Crippen LogP contribution in [0.2, 0.25) is 0 Å². The van der Waals surface area contributed by atoms with Crippen molar-refractivity contribution in [2.75, 3.05) is 26.4 Å². The summed E-state index contributed by atoms with van der Waals surface area (Å²) in [5.41, 5.74) is 0. The normalized spacial score (nSPS) is 20.5. The van der Waals surface area contributed by atoms with Gasteiger partial charge in [0, 0.05) is 12.6 Å². The van der Waals surface area contributed by atoms with Crippen LogP contribution in [0.5, 0.6) is 0 Å². The van der Waals surface area contributed by atoms with Gasteiger partial charge in [0.25, 0.3) is 0 Å².